The number of Topliss-reactive ketones (excluding diaryl/α,β-unsaturated/α-hetero) is 3. The molecule has 4 aromatic carbocycles. The second-order valence-corrected chi connectivity index (χ2v) is 40.2. The number of hydrogen-bond acceptors (Lipinski definition) is 32. The van der Waals surface area contributed by atoms with Crippen LogP contribution < -0.4 is 64.0 Å². The van der Waals surface area contributed by atoms with Crippen LogP contribution in [0, 0.1) is 29.1 Å². The summed E-state index contributed by atoms with van der Waals surface area (Å²) >= 11 is 1.05. The molecule has 44 nitrogen and oxygen atoms in total. The molecule has 1 saturated carbocycles. The standard InChI is InChI=1S/C62H74N6O12S.C39H50N12O14/c1-8-58(77)30-37-31-61(57(76)80-7,44-26-39-13-10-11-14-42(39)43(44)19-23-66(32-37)34-58)46-27-45-47(28-48(46)79-6)65(5)54-60(45)21-24-67-22-12-20-59(9-2,53(60)67)55(74)62(54,78)56(75)64-63-36(4)38-15-17-41(18-16-38)68-50(70)29-49(51(68)71)81-33-40(52(72)73)25-35(3)69;1-18(11-28(54)55)46-34(61)21(15-30(58)59)13-27(53)25(3-2-10-43-38(40)41)48-35(62)20(14-29(56)57)12-24(52)8-9-26(37(64)65)49-33(60)19-4-6-22(7-5-19)44-16-23-17-45-32-31(47-23)36(63)51-39(42)50-32/h10-18,20,27-28,37,40,49,53-55,74,77-78H,8-9,19,21-26,29-34H2,1-7H3,(H,64,75)(H,72,73);4-7,17-18,20-21,25-26,44H,2-3,8-16H2,1H3,(H,46,61)(H,48,62)(H,49,60)(H,54,55)(H,56,57)(H,58,59)(H,64,65)(H4,40,41,43)(H3,42,45,50,51,63)/b63-36+;/t37?,40-,49?,53-,54+,55+,58-,59+,60+,61+,62-;18-,20+,21+,25+,26+/m01/s1. The van der Waals surface area contributed by atoms with Crippen LogP contribution in [0.2, 0.25) is 0 Å². The molecule has 3 unspecified atom stereocenters. The van der Waals surface area contributed by atoms with Crippen LogP contribution in [-0.4, -0.2) is 290 Å². The number of aromatic nitrogens is 4. The van der Waals surface area contributed by atoms with Crippen molar-refractivity contribution in [2.45, 2.75) is 220 Å². The average Bonchev–Trinajstić information content (AvgIpc) is 1.49. The van der Waals surface area contributed by atoms with Gasteiger partial charge in [-0.05, 0) is 173 Å². The number of piperidine rings is 1. The maximum absolute atomic E-state index is 15.6. The van der Waals surface area contributed by atoms with Crippen molar-refractivity contribution in [3.05, 3.63) is 158 Å². The van der Waals surface area contributed by atoms with Gasteiger partial charge in [0.2, 0.25) is 29.6 Å². The predicted octanol–water partition coefficient (Wildman–Crippen LogP) is 3.65. The number of carboxylic acids is 5. The van der Waals surface area contributed by atoms with Gasteiger partial charge in [0.05, 0.1) is 104 Å². The maximum Gasteiger partial charge on any atom is 0.326 e. The molecule has 8 heterocycles. The zero-order valence-corrected chi connectivity index (χ0v) is 83.0. The molecule has 2 bridgehead atoms. The van der Waals surface area contributed by atoms with Crippen molar-refractivity contribution in [3.63, 3.8) is 0 Å². The van der Waals surface area contributed by atoms with E-state index in [1.165, 1.54) is 51.4 Å². The summed E-state index contributed by atoms with van der Waals surface area (Å²) in [7, 11) is 4.87. The Balaban J connectivity index is 0.000000251. The number of rotatable bonds is 43. The van der Waals surface area contributed by atoms with E-state index >= 15 is 9.59 Å². The summed E-state index contributed by atoms with van der Waals surface area (Å²) in [5.41, 5.74) is 19.9. The second-order valence-electron chi connectivity index (χ2n) is 39.0. The molecule has 17 atom stereocenters. The number of carbonyl (C=O) groups excluding carboxylic acids is 10. The molecular formula is C101H124N18O26S. The minimum absolute atomic E-state index is 0.00640. The summed E-state index contributed by atoms with van der Waals surface area (Å²) in [6.07, 6.45) is 2.10. The van der Waals surface area contributed by atoms with Gasteiger partial charge in [-0.3, -0.25) is 86.9 Å². The van der Waals surface area contributed by atoms with Crippen LogP contribution in [0.4, 0.5) is 23.0 Å². The molecule has 780 valence electrons. The number of guanidine groups is 1. The number of imide groups is 1. The number of amides is 6. The number of aliphatic imine (C=N–C) groups is 1. The number of aromatic amines is 1. The molecule has 146 heavy (non-hydrogen) atoms. The van der Waals surface area contributed by atoms with Crippen molar-refractivity contribution in [1.82, 2.24) is 51.1 Å². The summed E-state index contributed by atoms with van der Waals surface area (Å²) in [5, 5.41) is 100. The summed E-state index contributed by atoms with van der Waals surface area (Å²) in [6.45, 7) is 11.5. The van der Waals surface area contributed by atoms with Gasteiger partial charge in [0, 0.05) is 129 Å². The van der Waals surface area contributed by atoms with E-state index in [9.17, 15) is 103 Å². The highest BCUT2D eigenvalue weighted by Gasteiger charge is 2.79. The lowest BCUT2D eigenvalue weighted by molar-refractivity contribution is -0.203. The number of likely N-dealkylation sites (N-methyl/N-ethyl adjacent to an activating group) is 1. The third kappa shape index (κ3) is 23.0. The second kappa shape index (κ2) is 45.6. The number of aliphatic carboxylic acids is 5. The largest absolute Gasteiger partial charge is 0.496 e. The number of carboxylic acid groups (broad SMARTS) is 5. The van der Waals surface area contributed by atoms with Crippen molar-refractivity contribution in [2.24, 2.45) is 50.6 Å². The molecular weight excluding hydrogens is 1910 g/mol. The van der Waals surface area contributed by atoms with E-state index in [2.05, 4.69) is 84.7 Å². The molecule has 8 aliphatic rings. The average molecular weight is 2040 g/mol. The molecule has 6 aliphatic heterocycles. The number of hydrazone groups is 1. The van der Waals surface area contributed by atoms with Gasteiger partial charge in [0.15, 0.2) is 28.5 Å². The quantitative estimate of drug-likeness (QED) is 0.00494. The van der Waals surface area contributed by atoms with Crippen LogP contribution in [0.25, 0.3) is 16.7 Å². The fourth-order valence-corrected chi connectivity index (χ4v) is 23.8. The van der Waals surface area contributed by atoms with Gasteiger partial charge < -0.3 is 98.5 Å². The van der Waals surface area contributed by atoms with Crippen molar-refractivity contribution in [3.8, 4) is 5.75 Å². The topological polar surface area (TPSA) is 684 Å². The number of nitrogens with one attached hydrogen (secondary N) is 6. The lowest BCUT2D eigenvalue weighted by atomic mass is 9.47. The van der Waals surface area contributed by atoms with Crippen molar-refractivity contribution < 1.29 is 122 Å². The molecule has 20 N–H and O–H groups in total. The highest BCUT2D eigenvalue weighted by Crippen LogP contribution is 2.68. The molecule has 2 aromatic heterocycles. The van der Waals surface area contributed by atoms with E-state index < -0.39 is 220 Å². The summed E-state index contributed by atoms with van der Waals surface area (Å²) in [5.74, 6) is -18.0. The third-order valence-electron chi connectivity index (χ3n) is 29.4. The zero-order chi connectivity index (χ0) is 106. The molecule has 0 radical (unpaired) electrons. The molecule has 1 spiro atoms. The molecule has 45 heteroatoms. The van der Waals surface area contributed by atoms with E-state index in [1.807, 2.05) is 56.1 Å². The third-order valence-corrected chi connectivity index (χ3v) is 30.7. The number of H-pyrrole nitrogens is 1. The van der Waals surface area contributed by atoms with Gasteiger partial charge in [-0.1, -0.05) is 62.4 Å². The first-order valence-corrected chi connectivity index (χ1v) is 49.3. The molecule has 6 aromatic rings. The van der Waals surface area contributed by atoms with Crippen LogP contribution in [0.15, 0.2) is 124 Å². The lowest BCUT2D eigenvalue weighted by Gasteiger charge is -2.63. The van der Waals surface area contributed by atoms with E-state index in [1.54, 1.807) is 38.3 Å². The SMILES string of the molecule is CC[C@]1(O)CC2CN(CCC3=C(Cc4ccccc43)[C@@](C(=O)OC)(c3cc4c(cc3OC)N(C)[C@H]3[C@@](O)(C(=O)N/N=C(\C)c5ccc(N6C(=O)CC(SC[C@H](CC(C)=O)C(=O)O)C6=O)cc5)[C@H](O)[C@]5(CC)C=CCN6CC[C@]43[C@@H]65)C2)C1.C[C@H](CC(=O)O)NC(=O)[C@H](CC(=O)O)CC(=O)[C@H](CCCN=C(N)N)NC(=O)[C@H](CC(=O)O)CC(=O)CC[C@H](NC(=O)c1ccc(NCc2cnc3nc(N)[nH]c(=O)c3n2)cc1)C(=O)O. The summed E-state index contributed by atoms with van der Waals surface area (Å²) < 4.78 is 12.5. The van der Waals surface area contributed by atoms with Crippen molar-refractivity contribution in [2.75, 3.05) is 87.1 Å². The van der Waals surface area contributed by atoms with Gasteiger partial charge in [0.1, 0.15) is 34.9 Å². The van der Waals surface area contributed by atoms with E-state index in [0.29, 0.717) is 123 Å². The van der Waals surface area contributed by atoms with Crippen molar-refractivity contribution >= 4 is 152 Å². The molecule has 6 amide bonds. The number of benzene rings is 4. The number of thioether (sulfide) groups is 1. The highest BCUT2D eigenvalue weighted by atomic mass is 32.2. The number of ether oxygens (including phenoxy) is 2. The number of hydrogen-bond donors (Lipinski definition) is 17. The highest BCUT2D eigenvalue weighted by molar-refractivity contribution is 8.00. The Morgan fingerprint density at radius 2 is 1.43 bits per heavy atom. The summed E-state index contributed by atoms with van der Waals surface area (Å²) in [4.78, 5) is 232. The normalized spacial score (nSPS) is 24.4. The minimum atomic E-state index is -2.50. The Kier molecular flexibility index (Phi) is 34.0. The molecule has 14 rings (SSSR count). The van der Waals surface area contributed by atoms with E-state index in [-0.39, 0.29) is 84.9 Å². The van der Waals surface area contributed by atoms with Gasteiger partial charge in [-0.2, -0.15) is 10.1 Å². The number of nitrogen functional groups attached to an aromatic ring is 1. The number of ketones is 3. The van der Waals surface area contributed by atoms with Crippen molar-refractivity contribution in [1.29, 1.82) is 0 Å². The minimum Gasteiger partial charge on any atom is -0.496 e. The smallest absolute Gasteiger partial charge is 0.326 e. The van der Waals surface area contributed by atoms with E-state index in [0.717, 1.165) is 44.5 Å². The Morgan fingerprint density at radius 3 is 2.08 bits per heavy atom. The molecule has 3 saturated heterocycles. The first kappa shape index (κ1) is 109. The van der Waals surface area contributed by atoms with Crippen LogP contribution >= 0.6 is 11.8 Å². The number of nitrogens with zero attached hydrogens (tertiary/aromatic N) is 9. The number of methoxy groups -OCH3 is 2. The number of esters is 1. The Morgan fingerprint density at radius 1 is 0.747 bits per heavy atom. The Hall–Kier alpha value is -14.3. The van der Waals surface area contributed by atoms with Gasteiger partial charge >= 0.3 is 35.8 Å². The number of carbonyl (C=O) groups is 15. The molecule has 4 fully saturated rings. The number of aliphatic hydroxyl groups excluding tert-OH is 1. The number of nitrogens with two attached hydrogens (primary N) is 3. The van der Waals surface area contributed by atoms with Gasteiger partial charge in [-0.25, -0.2) is 25.1 Å². The fraction of sp³-hybridized carbons (Fsp3) is 0.495. The lowest BCUT2D eigenvalue weighted by Crippen LogP contribution is -2.81. The molecule has 2 aliphatic carbocycles. The monoisotopic (exact) mass is 2040 g/mol. The first-order valence-electron chi connectivity index (χ1n) is 48.3. The van der Waals surface area contributed by atoms with Crippen LogP contribution in [-0.2, 0) is 95.7 Å². The number of aliphatic hydroxyl groups is 3. The Labute approximate surface area is 843 Å². The van der Waals surface area contributed by atoms with Crippen LogP contribution in [0.3, 0.4) is 0 Å². The zero-order valence-electron chi connectivity index (χ0n) is 82.1. The number of anilines is 4. The first-order chi connectivity index (χ1) is 69.3. The number of fused-ring (bicyclic) bond motifs is 6. The fourth-order valence-electron chi connectivity index (χ4n) is 22.6. The van der Waals surface area contributed by atoms with Gasteiger partial charge in [0.25, 0.3) is 17.4 Å². The van der Waals surface area contributed by atoms with E-state index in [4.69, 9.17) is 31.8 Å². The summed E-state index contributed by atoms with van der Waals surface area (Å²) in [6, 6.07) is 19.2. The maximum atomic E-state index is 15.6. The predicted molar refractivity (Wildman–Crippen MR) is 533 cm³/mol. The van der Waals surface area contributed by atoms with Gasteiger partial charge in [-0.15, -0.1) is 11.8 Å². The van der Waals surface area contributed by atoms with Crippen LogP contribution in [0.5, 0.6) is 5.75 Å². The Bertz CT molecular complexity index is 6310. The van der Waals surface area contributed by atoms with Crippen LogP contribution in [0.1, 0.15) is 188 Å².